The minimum atomic E-state index is -3.61. The minimum absolute atomic E-state index is 0.119. The van der Waals surface area contributed by atoms with Gasteiger partial charge in [0.2, 0.25) is 10.0 Å². The van der Waals surface area contributed by atoms with Crippen LogP contribution in [0.1, 0.15) is 78.2 Å². The number of nitrogens with zero attached hydrogens (tertiary/aromatic N) is 2. The molecule has 31 heavy (non-hydrogen) atoms. The van der Waals surface area contributed by atoms with E-state index < -0.39 is 10.0 Å². The van der Waals surface area contributed by atoms with Gasteiger partial charge in [-0.25, -0.2) is 8.42 Å². The van der Waals surface area contributed by atoms with Crippen LogP contribution in [0.5, 0.6) is 0 Å². The van der Waals surface area contributed by atoms with Crippen LogP contribution in [0.3, 0.4) is 0 Å². The topological polar surface area (TPSA) is 79.8 Å². The van der Waals surface area contributed by atoms with Gasteiger partial charge in [-0.1, -0.05) is 19.8 Å². The van der Waals surface area contributed by atoms with Crippen LogP contribution < -0.4 is 5.73 Å². The Balaban J connectivity index is 1.89. The van der Waals surface area contributed by atoms with Gasteiger partial charge in [0, 0.05) is 23.0 Å². The van der Waals surface area contributed by atoms with Gasteiger partial charge < -0.3 is 15.1 Å². The van der Waals surface area contributed by atoms with E-state index in [1.807, 2.05) is 27.7 Å². The molecule has 3 rings (SSSR count). The molecule has 2 N–H and O–H groups in total. The molecular weight excluding hydrogens is 410 g/mol. The number of furan rings is 1. The van der Waals surface area contributed by atoms with Crippen LogP contribution in [-0.2, 0) is 10.0 Å². The molecule has 0 saturated carbocycles. The molecule has 1 aliphatic rings. The first-order valence-corrected chi connectivity index (χ1v) is 13.2. The first kappa shape index (κ1) is 24.1. The van der Waals surface area contributed by atoms with Crippen LogP contribution in [0.4, 0.5) is 5.88 Å². The third-order valence-corrected chi connectivity index (χ3v) is 8.64. The molecule has 1 aliphatic heterocycles. The number of unbranched alkanes of at least 4 members (excludes halogenated alkanes) is 2. The molecule has 2 aromatic rings. The third kappa shape index (κ3) is 5.10. The van der Waals surface area contributed by atoms with Crippen LogP contribution in [0.25, 0.3) is 11.0 Å². The molecule has 174 valence electrons. The standard InChI is InChI=1S/C24H39N3O3S/c1-6-7-8-13-26-14-11-19(12-15-26)23-21-16-20(9-10-22(21)30-24(23)25)31(28,29)27(17(2)3)18(4)5/h9-10,16-19H,6-8,11-15,25H2,1-5H3. The number of hydrogen-bond acceptors (Lipinski definition) is 5. The maximum atomic E-state index is 13.4. The van der Waals surface area contributed by atoms with E-state index >= 15 is 0 Å². The lowest BCUT2D eigenvalue weighted by molar-refractivity contribution is 0.209. The molecule has 0 aliphatic carbocycles. The quantitative estimate of drug-likeness (QED) is 0.533. The zero-order chi connectivity index (χ0) is 22.8. The van der Waals surface area contributed by atoms with Crippen molar-refractivity contribution in [2.45, 2.75) is 89.6 Å². The van der Waals surface area contributed by atoms with Crippen molar-refractivity contribution in [1.29, 1.82) is 0 Å². The smallest absolute Gasteiger partial charge is 0.243 e. The van der Waals surface area contributed by atoms with Gasteiger partial charge in [-0.2, -0.15) is 4.31 Å². The fourth-order valence-electron chi connectivity index (χ4n) is 5.00. The van der Waals surface area contributed by atoms with E-state index in [1.165, 1.54) is 19.3 Å². The number of nitrogen functional groups attached to an aromatic ring is 1. The van der Waals surface area contributed by atoms with Gasteiger partial charge in [0.15, 0.2) is 5.88 Å². The molecule has 1 saturated heterocycles. The molecule has 0 unspecified atom stereocenters. The summed E-state index contributed by atoms with van der Waals surface area (Å²) in [4.78, 5) is 2.84. The Morgan fingerprint density at radius 1 is 1.13 bits per heavy atom. The number of sulfonamides is 1. The Bertz CT molecular complexity index is 965. The highest BCUT2D eigenvalue weighted by Crippen LogP contribution is 2.40. The summed E-state index contributed by atoms with van der Waals surface area (Å²) >= 11 is 0. The highest BCUT2D eigenvalue weighted by atomic mass is 32.2. The van der Waals surface area contributed by atoms with Gasteiger partial charge in [-0.15, -0.1) is 0 Å². The Morgan fingerprint density at radius 3 is 2.35 bits per heavy atom. The average molecular weight is 450 g/mol. The van der Waals surface area contributed by atoms with Gasteiger partial charge in [0.1, 0.15) is 5.58 Å². The molecule has 1 aromatic heterocycles. The highest BCUT2D eigenvalue weighted by molar-refractivity contribution is 7.89. The van der Waals surface area contributed by atoms with Crippen molar-refractivity contribution >= 4 is 26.9 Å². The molecule has 2 heterocycles. The number of benzene rings is 1. The van der Waals surface area contributed by atoms with Crippen LogP contribution in [0.15, 0.2) is 27.5 Å². The molecule has 6 nitrogen and oxygen atoms in total. The summed E-state index contributed by atoms with van der Waals surface area (Å²) in [5.41, 5.74) is 7.94. The molecule has 1 aromatic carbocycles. The van der Waals surface area contributed by atoms with E-state index in [0.717, 1.165) is 43.4 Å². The molecule has 0 spiro atoms. The molecule has 0 radical (unpaired) electrons. The number of fused-ring (bicyclic) bond motifs is 1. The average Bonchev–Trinajstić information content (AvgIpc) is 3.02. The summed E-state index contributed by atoms with van der Waals surface area (Å²) < 4.78 is 34.2. The van der Waals surface area contributed by atoms with Crippen LogP contribution in [0, 0.1) is 0 Å². The first-order valence-electron chi connectivity index (χ1n) is 11.7. The predicted octanol–water partition coefficient (Wildman–Crippen LogP) is 5.19. The molecule has 0 atom stereocenters. The van der Waals surface area contributed by atoms with Gasteiger partial charge >= 0.3 is 0 Å². The maximum Gasteiger partial charge on any atom is 0.243 e. The van der Waals surface area contributed by atoms with Gasteiger partial charge in [0.05, 0.1) is 4.90 Å². The van der Waals surface area contributed by atoms with E-state index in [1.54, 1.807) is 22.5 Å². The van der Waals surface area contributed by atoms with Crippen molar-refractivity contribution in [2.24, 2.45) is 0 Å². The number of anilines is 1. The Hall–Kier alpha value is -1.57. The van der Waals surface area contributed by atoms with Crippen molar-refractivity contribution in [3.8, 4) is 0 Å². The SMILES string of the molecule is CCCCCN1CCC(c2c(N)oc3ccc(S(=O)(=O)N(C(C)C)C(C)C)cc23)CC1. The fraction of sp³-hybridized carbons (Fsp3) is 0.667. The normalized spacial score (nSPS) is 16.9. The van der Waals surface area contributed by atoms with Gasteiger partial charge in [-0.05, 0) is 90.7 Å². The number of rotatable bonds is 9. The first-order chi connectivity index (χ1) is 14.7. The maximum absolute atomic E-state index is 13.4. The predicted molar refractivity (Wildman–Crippen MR) is 128 cm³/mol. The molecular formula is C24H39N3O3S. The van der Waals surface area contributed by atoms with Crippen molar-refractivity contribution in [3.63, 3.8) is 0 Å². The number of piperidine rings is 1. The highest BCUT2D eigenvalue weighted by Gasteiger charge is 2.31. The monoisotopic (exact) mass is 449 g/mol. The summed E-state index contributed by atoms with van der Waals surface area (Å²) in [5.74, 6) is 0.728. The van der Waals surface area contributed by atoms with Crippen LogP contribution in [-0.4, -0.2) is 49.3 Å². The number of hydrogen-bond donors (Lipinski definition) is 1. The minimum Gasteiger partial charge on any atom is -0.441 e. The molecule has 0 bridgehead atoms. The third-order valence-electron chi connectivity index (χ3n) is 6.39. The van der Waals surface area contributed by atoms with Gasteiger partial charge in [-0.3, -0.25) is 0 Å². The van der Waals surface area contributed by atoms with Crippen molar-refractivity contribution in [3.05, 3.63) is 23.8 Å². The largest absolute Gasteiger partial charge is 0.441 e. The summed E-state index contributed by atoms with van der Waals surface area (Å²) in [6.45, 7) is 13.1. The zero-order valence-corrected chi connectivity index (χ0v) is 20.5. The lowest BCUT2D eigenvalue weighted by Crippen LogP contribution is -2.41. The van der Waals surface area contributed by atoms with Crippen molar-refractivity contribution < 1.29 is 12.8 Å². The Morgan fingerprint density at radius 2 is 1.77 bits per heavy atom. The van der Waals surface area contributed by atoms with E-state index in [4.69, 9.17) is 10.2 Å². The molecule has 1 fully saturated rings. The van der Waals surface area contributed by atoms with Gasteiger partial charge in [0.25, 0.3) is 0 Å². The Labute approximate surface area is 187 Å². The van der Waals surface area contributed by atoms with E-state index in [9.17, 15) is 8.42 Å². The fourth-order valence-corrected chi connectivity index (χ4v) is 6.86. The molecule has 7 heteroatoms. The lowest BCUT2D eigenvalue weighted by atomic mass is 9.88. The van der Waals surface area contributed by atoms with E-state index in [-0.39, 0.29) is 12.1 Å². The number of nitrogens with two attached hydrogens (primary N) is 1. The molecule has 0 amide bonds. The summed E-state index contributed by atoms with van der Waals surface area (Å²) in [6.07, 6.45) is 5.81. The summed E-state index contributed by atoms with van der Waals surface area (Å²) in [5, 5.41) is 0.843. The number of likely N-dealkylation sites (tertiary alicyclic amines) is 1. The second-order valence-electron chi connectivity index (χ2n) is 9.38. The van der Waals surface area contributed by atoms with Crippen molar-refractivity contribution in [1.82, 2.24) is 9.21 Å². The van der Waals surface area contributed by atoms with Crippen molar-refractivity contribution in [2.75, 3.05) is 25.4 Å². The summed E-state index contributed by atoms with van der Waals surface area (Å²) in [6, 6.07) is 4.92. The second-order valence-corrected chi connectivity index (χ2v) is 11.2. The van der Waals surface area contributed by atoms with E-state index in [0.29, 0.717) is 22.3 Å². The van der Waals surface area contributed by atoms with Crippen LogP contribution in [0.2, 0.25) is 0 Å². The van der Waals surface area contributed by atoms with E-state index in [2.05, 4.69) is 11.8 Å². The zero-order valence-electron chi connectivity index (χ0n) is 19.7. The Kier molecular flexibility index (Phi) is 7.71. The summed E-state index contributed by atoms with van der Waals surface area (Å²) in [7, 11) is -3.61. The second kappa shape index (κ2) is 9.92. The van der Waals surface area contributed by atoms with Crippen LogP contribution >= 0.6 is 0 Å². The lowest BCUT2D eigenvalue weighted by Gasteiger charge is -2.32.